The van der Waals surface area contributed by atoms with E-state index in [1.165, 1.54) is 11.3 Å². The maximum atomic E-state index is 7.10. The molecule has 1 nitrogen and oxygen atoms in total. The summed E-state index contributed by atoms with van der Waals surface area (Å²) in [6.45, 7) is 2.11. The van der Waals surface area contributed by atoms with Gasteiger partial charge in [-0.15, -0.1) is 11.3 Å². The zero-order valence-corrected chi connectivity index (χ0v) is 5.66. The first-order valence-corrected chi connectivity index (χ1v) is 3.62. The SMILES string of the molecule is [2H]c1nc(CCC)cs1. The van der Waals surface area contributed by atoms with Gasteiger partial charge in [-0.25, -0.2) is 4.98 Å². The van der Waals surface area contributed by atoms with Gasteiger partial charge in [-0.3, -0.25) is 0 Å². The molecule has 0 aliphatic heterocycles. The Morgan fingerprint density at radius 3 is 3.38 bits per heavy atom. The fourth-order valence-electron chi connectivity index (χ4n) is 0.577. The molecule has 0 fully saturated rings. The summed E-state index contributed by atoms with van der Waals surface area (Å²) >= 11 is 1.40. The highest BCUT2D eigenvalue weighted by atomic mass is 32.1. The largest absolute Gasteiger partial charge is 0.250 e. The standard InChI is InChI=1S/C6H9NS/c1-2-3-6-4-8-5-7-6/h4-5H,2-3H2,1H3/i5D. The summed E-state index contributed by atoms with van der Waals surface area (Å²) in [5.41, 5.74) is 1.49. The molecule has 1 rings (SSSR count). The van der Waals surface area contributed by atoms with Gasteiger partial charge >= 0.3 is 0 Å². The van der Waals surface area contributed by atoms with Gasteiger partial charge in [-0.05, 0) is 6.42 Å². The van der Waals surface area contributed by atoms with E-state index >= 15 is 0 Å². The molecule has 0 amide bonds. The zero-order valence-electron chi connectivity index (χ0n) is 5.85. The van der Waals surface area contributed by atoms with Crippen LogP contribution in [0.1, 0.15) is 20.4 Å². The second kappa shape index (κ2) is 2.82. The Bertz CT molecular complexity index is 185. The van der Waals surface area contributed by atoms with E-state index in [0.717, 1.165) is 18.5 Å². The van der Waals surface area contributed by atoms with Crippen molar-refractivity contribution in [3.8, 4) is 0 Å². The molecule has 0 N–H and O–H groups in total. The minimum Gasteiger partial charge on any atom is -0.250 e. The van der Waals surface area contributed by atoms with Gasteiger partial charge in [-0.1, -0.05) is 13.3 Å². The van der Waals surface area contributed by atoms with Crippen molar-refractivity contribution in [3.63, 3.8) is 0 Å². The molecule has 1 heterocycles. The lowest BCUT2D eigenvalue weighted by Crippen LogP contribution is -1.78. The fraction of sp³-hybridized carbons (Fsp3) is 0.500. The van der Waals surface area contributed by atoms with Crippen LogP contribution in [0.25, 0.3) is 0 Å². The first-order valence-electron chi connectivity index (χ1n) is 3.24. The highest BCUT2D eigenvalue weighted by Gasteiger charge is 1.88. The van der Waals surface area contributed by atoms with Gasteiger partial charge < -0.3 is 0 Å². The molecule has 0 atom stereocenters. The highest BCUT2D eigenvalue weighted by Crippen LogP contribution is 2.02. The molecule has 0 aromatic carbocycles. The van der Waals surface area contributed by atoms with Crippen LogP contribution in [-0.2, 0) is 6.42 Å². The zero-order chi connectivity index (χ0) is 6.69. The predicted molar refractivity (Wildman–Crippen MR) is 36.1 cm³/mol. The molecule has 0 saturated carbocycles. The molecule has 8 heavy (non-hydrogen) atoms. The quantitative estimate of drug-likeness (QED) is 0.594. The average Bonchev–Trinajstić information content (AvgIpc) is 2.17. The van der Waals surface area contributed by atoms with Crippen LogP contribution in [0.15, 0.2) is 10.9 Å². The summed E-state index contributed by atoms with van der Waals surface area (Å²) < 4.78 is 7.10. The third-order valence-electron chi connectivity index (χ3n) is 0.943. The second-order valence-corrected chi connectivity index (χ2v) is 2.33. The smallest absolute Gasteiger partial charge is 0.0960 e. The Morgan fingerprint density at radius 1 is 2.00 bits per heavy atom. The van der Waals surface area contributed by atoms with Crippen molar-refractivity contribution in [1.82, 2.24) is 4.98 Å². The molecule has 1 aromatic heterocycles. The molecule has 0 saturated heterocycles. The van der Waals surface area contributed by atoms with Crippen LogP contribution in [-0.4, -0.2) is 4.98 Å². The van der Waals surface area contributed by atoms with E-state index in [1.54, 1.807) is 0 Å². The van der Waals surface area contributed by atoms with Gasteiger partial charge in [0.1, 0.15) is 0 Å². The lowest BCUT2D eigenvalue weighted by Gasteiger charge is -1.84. The van der Waals surface area contributed by atoms with Crippen LogP contribution >= 0.6 is 11.3 Å². The molecule has 1 aromatic rings. The number of rotatable bonds is 2. The fourth-order valence-corrected chi connectivity index (χ4v) is 1.11. The van der Waals surface area contributed by atoms with E-state index in [-0.39, 0.29) is 0 Å². The summed E-state index contributed by atoms with van der Waals surface area (Å²) in [5.74, 6) is 0. The van der Waals surface area contributed by atoms with Gasteiger partial charge in [0.25, 0.3) is 0 Å². The molecule has 0 unspecified atom stereocenters. The second-order valence-electron chi connectivity index (χ2n) is 1.68. The molecule has 0 spiro atoms. The van der Waals surface area contributed by atoms with Crippen LogP contribution in [0, 0.1) is 0 Å². The minimum atomic E-state index is 0.429. The van der Waals surface area contributed by atoms with Crippen molar-refractivity contribution in [2.75, 3.05) is 0 Å². The summed E-state index contributed by atoms with van der Waals surface area (Å²) in [7, 11) is 0. The van der Waals surface area contributed by atoms with Gasteiger partial charge in [0.05, 0.1) is 12.6 Å². The van der Waals surface area contributed by atoms with E-state index in [9.17, 15) is 0 Å². The molecule has 0 aliphatic rings. The van der Waals surface area contributed by atoms with Gasteiger partial charge in [-0.2, -0.15) is 0 Å². The van der Waals surface area contributed by atoms with Crippen molar-refractivity contribution in [3.05, 3.63) is 16.6 Å². The maximum Gasteiger partial charge on any atom is 0.0960 e. The summed E-state index contributed by atoms with van der Waals surface area (Å²) in [5, 5.41) is 1.95. The Morgan fingerprint density at radius 2 is 2.88 bits per heavy atom. The average molecular weight is 128 g/mol. The Balaban J connectivity index is 2.61. The topological polar surface area (TPSA) is 12.9 Å². The van der Waals surface area contributed by atoms with Gasteiger partial charge in [0, 0.05) is 5.38 Å². The monoisotopic (exact) mass is 128 g/mol. The van der Waals surface area contributed by atoms with Crippen LogP contribution in [0.2, 0.25) is 0 Å². The van der Waals surface area contributed by atoms with Crippen molar-refractivity contribution in [2.24, 2.45) is 0 Å². The van der Waals surface area contributed by atoms with E-state index in [0.29, 0.717) is 5.49 Å². The normalized spacial score (nSPS) is 11.4. The van der Waals surface area contributed by atoms with Crippen molar-refractivity contribution in [1.29, 1.82) is 0 Å². The van der Waals surface area contributed by atoms with Crippen LogP contribution in [0.3, 0.4) is 0 Å². The number of aromatic nitrogens is 1. The number of hydrogen-bond acceptors (Lipinski definition) is 2. The van der Waals surface area contributed by atoms with E-state index < -0.39 is 0 Å². The van der Waals surface area contributed by atoms with Gasteiger partial charge in [0.2, 0.25) is 0 Å². The summed E-state index contributed by atoms with van der Waals surface area (Å²) in [4.78, 5) is 3.99. The van der Waals surface area contributed by atoms with Crippen molar-refractivity contribution >= 4 is 11.3 Å². The predicted octanol–water partition coefficient (Wildman–Crippen LogP) is 2.10. The maximum absolute atomic E-state index is 7.10. The molecule has 0 aliphatic carbocycles. The first-order chi connectivity index (χ1) is 4.33. The van der Waals surface area contributed by atoms with Crippen LogP contribution in [0.5, 0.6) is 0 Å². The Labute approximate surface area is 54.8 Å². The van der Waals surface area contributed by atoms with Gasteiger partial charge in [0.15, 0.2) is 0 Å². The van der Waals surface area contributed by atoms with Crippen LogP contribution in [0.4, 0.5) is 0 Å². The first kappa shape index (κ1) is 4.50. The van der Waals surface area contributed by atoms with Crippen LogP contribution < -0.4 is 0 Å². The van der Waals surface area contributed by atoms with E-state index in [2.05, 4.69) is 11.9 Å². The third-order valence-corrected chi connectivity index (χ3v) is 1.53. The molecule has 0 bridgehead atoms. The summed E-state index contributed by atoms with van der Waals surface area (Å²) in [6.07, 6.45) is 2.12. The third kappa shape index (κ3) is 1.30. The molecular formula is C6H9NS. The highest BCUT2D eigenvalue weighted by molar-refractivity contribution is 7.07. The molecule has 2 heteroatoms. The molecule has 0 radical (unpaired) electrons. The Kier molecular flexibility index (Phi) is 1.59. The van der Waals surface area contributed by atoms with E-state index in [4.69, 9.17) is 1.37 Å². The number of thiazole rings is 1. The number of nitrogens with zero attached hydrogens (tertiary/aromatic N) is 1. The molecular weight excluding hydrogens is 118 g/mol. The lowest BCUT2D eigenvalue weighted by molar-refractivity contribution is 0.893. The van der Waals surface area contributed by atoms with Crippen molar-refractivity contribution in [2.45, 2.75) is 19.8 Å². The lowest BCUT2D eigenvalue weighted by atomic mass is 10.3. The molecule has 44 valence electrons. The Hall–Kier alpha value is -0.370. The van der Waals surface area contributed by atoms with Crippen molar-refractivity contribution < 1.29 is 1.37 Å². The minimum absolute atomic E-state index is 0.429. The van der Waals surface area contributed by atoms with E-state index in [1.807, 2.05) is 5.38 Å². The summed E-state index contributed by atoms with van der Waals surface area (Å²) in [6, 6.07) is 0. The number of aryl methyl sites for hydroxylation is 1. The number of hydrogen-bond donors (Lipinski definition) is 0.